The molecule has 0 heterocycles. The van der Waals surface area contributed by atoms with Crippen LogP contribution in [0.15, 0.2) is 120 Å². The van der Waals surface area contributed by atoms with E-state index in [4.69, 9.17) is 4.74 Å². The first-order chi connectivity index (χ1) is 14.2. The second-order valence-electron chi connectivity index (χ2n) is 6.59. The van der Waals surface area contributed by atoms with Crippen LogP contribution in [0.5, 0.6) is 0 Å². The Morgan fingerprint density at radius 1 is 0.586 bits per heavy atom. The molecule has 4 aromatic carbocycles. The molecule has 2 N–H and O–H groups in total. The number of benzene rings is 4. The molecular weight excluding hydrogens is 379 g/mol. The van der Waals surface area contributed by atoms with Crippen molar-refractivity contribution in [2.24, 2.45) is 4.74 Å². The highest BCUT2D eigenvalue weighted by Gasteiger charge is 2.27. The number of nitrogens with one attached hydrogen (secondary N) is 1. The van der Waals surface area contributed by atoms with Gasteiger partial charge in [-0.3, -0.25) is 4.74 Å². The highest BCUT2D eigenvalue weighted by atomic mass is 31.2. The molecule has 0 fully saturated rings. The van der Waals surface area contributed by atoms with Crippen molar-refractivity contribution in [2.45, 2.75) is 0 Å². The normalized spacial score (nSPS) is 12.3. The largest absolute Gasteiger partial charge is 0.595 e. The van der Waals surface area contributed by atoms with Gasteiger partial charge in [0.25, 0.3) is 0 Å². The van der Waals surface area contributed by atoms with Gasteiger partial charge in [0.1, 0.15) is 0 Å². The van der Waals surface area contributed by atoms with Gasteiger partial charge < -0.3 is 5.21 Å². The molecule has 0 aliphatic heterocycles. The molecule has 4 aromatic rings. The van der Waals surface area contributed by atoms with Crippen LogP contribution in [0.4, 0.5) is 11.4 Å². The first-order valence-corrected chi connectivity index (χ1v) is 11.1. The molecule has 5 heteroatoms. The van der Waals surface area contributed by atoms with E-state index >= 15 is 0 Å². The molecule has 29 heavy (non-hydrogen) atoms. The summed E-state index contributed by atoms with van der Waals surface area (Å²) in [4.78, 5) is 0. The lowest BCUT2D eigenvalue weighted by Gasteiger charge is -2.27. The third-order valence-electron chi connectivity index (χ3n) is 4.77. The van der Waals surface area contributed by atoms with E-state index in [1.54, 1.807) is 24.3 Å². The molecule has 144 valence electrons. The molecule has 1 unspecified atom stereocenters. The minimum atomic E-state index is -2.34. The van der Waals surface area contributed by atoms with Crippen LogP contribution in [-0.2, 0) is 0 Å². The Balaban J connectivity index is 2.05. The maximum absolute atomic E-state index is 11.2. The summed E-state index contributed by atoms with van der Waals surface area (Å²) in [5.41, 5.74) is 1.02. The SMILES string of the molecule is [O-][NH+](O)c1ccc(N=P(c2ccccc2)(c2ccccc2)c2ccccc2)cc1. The summed E-state index contributed by atoms with van der Waals surface area (Å²) < 4.78 is 5.32. The molecule has 0 saturated heterocycles. The summed E-state index contributed by atoms with van der Waals surface area (Å²) in [6.45, 7) is 0. The van der Waals surface area contributed by atoms with Crippen molar-refractivity contribution < 1.29 is 10.4 Å². The van der Waals surface area contributed by atoms with E-state index in [0.29, 0.717) is 0 Å². The van der Waals surface area contributed by atoms with E-state index in [0.717, 1.165) is 21.6 Å². The highest BCUT2D eigenvalue weighted by Crippen LogP contribution is 2.49. The first kappa shape index (κ1) is 19.3. The zero-order valence-electron chi connectivity index (χ0n) is 15.7. The van der Waals surface area contributed by atoms with Crippen LogP contribution >= 0.6 is 7.05 Å². The van der Waals surface area contributed by atoms with Crippen LogP contribution in [-0.4, -0.2) is 5.21 Å². The third kappa shape index (κ3) is 3.93. The van der Waals surface area contributed by atoms with Gasteiger partial charge >= 0.3 is 0 Å². The van der Waals surface area contributed by atoms with E-state index in [1.165, 1.54) is 0 Å². The second kappa shape index (κ2) is 8.56. The fourth-order valence-electron chi connectivity index (χ4n) is 3.40. The van der Waals surface area contributed by atoms with Gasteiger partial charge in [0.15, 0.2) is 5.69 Å². The van der Waals surface area contributed by atoms with Gasteiger partial charge in [-0.05, 0) is 12.1 Å². The summed E-state index contributed by atoms with van der Waals surface area (Å²) in [5.74, 6) is 0. The zero-order chi connectivity index (χ0) is 20.1. The van der Waals surface area contributed by atoms with E-state index in [-0.39, 0.29) is 5.69 Å². The summed E-state index contributed by atoms with van der Waals surface area (Å²) in [5, 5.41) is 23.0. The van der Waals surface area contributed by atoms with Gasteiger partial charge in [0.05, 0.1) is 12.7 Å². The van der Waals surface area contributed by atoms with Gasteiger partial charge in [-0.25, -0.2) is 5.21 Å². The molecule has 0 saturated carbocycles. The number of rotatable bonds is 5. The van der Waals surface area contributed by atoms with Crippen molar-refractivity contribution in [1.29, 1.82) is 0 Å². The Labute approximate surface area is 170 Å². The summed E-state index contributed by atoms with van der Waals surface area (Å²) in [6, 6.07) is 37.8. The average Bonchev–Trinajstić information content (AvgIpc) is 2.79. The van der Waals surface area contributed by atoms with Gasteiger partial charge in [0.2, 0.25) is 0 Å². The lowest BCUT2D eigenvalue weighted by molar-refractivity contribution is -0.991. The first-order valence-electron chi connectivity index (χ1n) is 9.33. The fourth-order valence-corrected chi connectivity index (χ4v) is 6.93. The quantitative estimate of drug-likeness (QED) is 0.394. The third-order valence-corrected chi connectivity index (χ3v) is 8.44. The molecule has 0 radical (unpaired) electrons. The van der Waals surface area contributed by atoms with Crippen molar-refractivity contribution >= 4 is 34.3 Å². The van der Waals surface area contributed by atoms with Crippen LogP contribution < -0.4 is 21.1 Å². The Kier molecular flexibility index (Phi) is 5.70. The average molecular weight is 400 g/mol. The molecule has 0 aromatic heterocycles. The van der Waals surface area contributed by atoms with E-state index in [1.807, 2.05) is 54.6 Å². The minimum absolute atomic E-state index is 0.256. The van der Waals surface area contributed by atoms with Gasteiger partial charge in [-0.15, -0.1) is 0 Å². The lowest BCUT2D eigenvalue weighted by atomic mass is 10.3. The predicted octanol–water partition coefficient (Wildman–Crippen LogP) is 3.90. The predicted molar refractivity (Wildman–Crippen MR) is 119 cm³/mol. The molecule has 0 bridgehead atoms. The van der Waals surface area contributed by atoms with Crippen molar-refractivity contribution in [3.05, 3.63) is 120 Å². The van der Waals surface area contributed by atoms with Crippen molar-refractivity contribution in [3.63, 3.8) is 0 Å². The maximum Gasteiger partial charge on any atom is 0.163 e. The van der Waals surface area contributed by atoms with Crippen molar-refractivity contribution in [2.75, 3.05) is 0 Å². The van der Waals surface area contributed by atoms with Crippen LogP contribution in [0.25, 0.3) is 0 Å². The lowest BCUT2D eigenvalue weighted by Crippen LogP contribution is -2.99. The van der Waals surface area contributed by atoms with Crippen LogP contribution in [0.3, 0.4) is 0 Å². The second-order valence-corrected chi connectivity index (χ2v) is 9.61. The molecule has 0 aliphatic rings. The molecule has 0 aliphatic carbocycles. The topological polar surface area (TPSA) is 60.1 Å². The molecule has 4 nitrogen and oxygen atoms in total. The van der Waals surface area contributed by atoms with Gasteiger partial charge in [-0.2, -0.15) is 5.23 Å². The number of nitrogens with zero attached hydrogens (tertiary/aromatic N) is 1. The number of quaternary nitrogens is 1. The number of hydrogen-bond acceptors (Lipinski definition) is 3. The Morgan fingerprint density at radius 3 is 1.31 bits per heavy atom. The Bertz CT molecular complexity index is 1010. The Hall–Kier alpha value is -3.01. The van der Waals surface area contributed by atoms with E-state index in [2.05, 4.69) is 36.4 Å². The summed E-state index contributed by atoms with van der Waals surface area (Å²) in [7, 11) is -2.34. The van der Waals surface area contributed by atoms with Crippen LogP contribution in [0.2, 0.25) is 0 Å². The smallest absolute Gasteiger partial charge is 0.163 e. The van der Waals surface area contributed by atoms with Crippen molar-refractivity contribution in [1.82, 2.24) is 0 Å². The maximum atomic E-state index is 11.2. The van der Waals surface area contributed by atoms with E-state index in [9.17, 15) is 10.4 Å². The van der Waals surface area contributed by atoms with Crippen LogP contribution in [0.1, 0.15) is 0 Å². The van der Waals surface area contributed by atoms with Gasteiger partial charge in [0, 0.05) is 28.0 Å². The molecular formula is C24H21N2O2P. The van der Waals surface area contributed by atoms with Crippen LogP contribution in [0, 0.1) is 5.21 Å². The number of hydrogen-bond donors (Lipinski definition) is 2. The molecule has 4 rings (SSSR count). The summed E-state index contributed by atoms with van der Waals surface area (Å²) in [6.07, 6.45) is 0. The van der Waals surface area contributed by atoms with E-state index < -0.39 is 12.3 Å². The highest BCUT2D eigenvalue weighted by molar-refractivity contribution is 7.87. The molecule has 0 amide bonds. The fraction of sp³-hybridized carbons (Fsp3) is 0. The zero-order valence-corrected chi connectivity index (χ0v) is 16.6. The summed E-state index contributed by atoms with van der Waals surface area (Å²) >= 11 is 0. The monoisotopic (exact) mass is 400 g/mol. The standard InChI is InChI=1S/C24H21N2O2P/c27-26(28)21-18-16-20(17-19-21)25-29(22-10-4-1-5-11-22,23-12-6-2-7-13-23)24-14-8-3-9-15-24/h1-19,26-27H. The Morgan fingerprint density at radius 2 is 0.966 bits per heavy atom. The molecule has 0 spiro atoms. The van der Waals surface area contributed by atoms with Crippen molar-refractivity contribution in [3.8, 4) is 0 Å². The minimum Gasteiger partial charge on any atom is -0.595 e. The van der Waals surface area contributed by atoms with Gasteiger partial charge in [-0.1, -0.05) is 91.0 Å². The molecule has 1 atom stereocenters.